The van der Waals surface area contributed by atoms with Crippen LogP contribution >= 0.6 is 11.6 Å². The zero-order chi connectivity index (χ0) is 13.5. The van der Waals surface area contributed by atoms with Gasteiger partial charge in [0.25, 0.3) is 0 Å². The van der Waals surface area contributed by atoms with Gasteiger partial charge >= 0.3 is 0 Å². The van der Waals surface area contributed by atoms with Gasteiger partial charge in [-0.15, -0.1) is 0 Å². The number of hydrogen-bond donors (Lipinski definition) is 1. The van der Waals surface area contributed by atoms with Crippen LogP contribution in [0.15, 0.2) is 12.1 Å². The molecule has 0 aliphatic carbocycles. The standard InChI is InChI=1S/C13H17ClN2O2/c1-9(2)16-8-10-6-11(14)7-12(17-3)13(10)18-5-4-15/h6-7,9,16H,5,8H2,1-3H3. The van der Waals surface area contributed by atoms with E-state index in [0.29, 0.717) is 29.1 Å². The number of rotatable bonds is 6. The Morgan fingerprint density at radius 2 is 2.17 bits per heavy atom. The molecule has 0 saturated heterocycles. The highest BCUT2D eigenvalue weighted by Gasteiger charge is 2.13. The van der Waals surface area contributed by atoms with Crippen LogP contribution in [0.4, 0.5) is 0 Å². The first-order chi connectivity index (χ1) is 8.58. The van der Waals surface area contributed by atoms with Crippen molar-refractivity contribution in [2.45, 2.75) is 26.4 Å². The normalized spacial score (nSPS) is 10.2. The third kappa shape index (κ3) is 4.10. The molecule has 0 spiro atoms. The SMILES string of the molecule is COc1cc(Cl)cc(CNC(C)C)c1OCC#N. The fourth-order valence-electron chi connectivity index (χ4n) is 1.49. The zero-order valence-electron chi connectivity index (χ0n) is 10.8. The molecule has 1 aromatic rings. The molecular formula is C13H17ClN2O2. The van der Waals surface area contributed by atoms with Crippen LogP contribution < -0.4 is 14.8 Å². The Balaban J connectivity index is 3.03. The second-order valence-electron chi connectivity index (χ2n) is 4.08. The van der Waals surface area contributed by atoms with Gasteiger partial charge in [0.2, 0.25) is 0 Å². The first kappa shape index (κ1) is 14.6. The molecule has 0 atom stereocenters. The summed E-state index contributed by atoms with van der Waals surface area (Å²) in [5, 5.41) is 12.5. The quantitative estimate of drug-likeness (QED) is 0.862. The predicted molar refractivity (Wildman–Crippen MR) is 71.1 cm³/mol. The van der Waals surface area contributed by atoms with Gasteiger partial charge < -0.3 is 14.8 Å². The molecule has 0 fully saturated rings. The highest BCUT2D eigenvalue weighted by Crippen LogP contribution is 2.34. The van der Waals surface area contributed by atoms with E-state index in [1.54, 1.807) is 13.2 Å². The molecule has 0 saturated carbocycles. The van der Waals surface area contributed by atoms with Crippen molar-refractivity contribution in [3.63, 3.8) is 0 Å². The molecule has 1 N–H and O–H groups in total. The van der Waals surface area contributed by atoms with Crippen molar-refractivity contribution in [2.75, 3.05) is 13.7 Å². The molecule has 5 heteroatoms. The lowest BCUT2D eigenvalue weighted by Gasteiger charge is -2.16. The molecule has 0 radical (unpaired) electrons. The Bertz CT molecular complexity index is 441. The van der Waals surface area contributed by atoms with Gasteiger partial charge in [-0.05, 0) is 6.07 Å². The summed E-state index contributed by atoms with van der Waals surface area (Å²) < 4.78 is 10.6. The molecule has 0 aliphatic heterocycles. The second kappa shape index (κ2) is 7.10. The molecule has 0 aliphatic rings. The average Bonchev–Trinajstić information content (AvgIpc) is 2.34. The zero-order valence-corrected chi connectivity index (χ0v) is 11.5. The average molecular weight is 269 g/mol. The highest BCUT2D eigenvalue weighted by atomic mass is 35.5. The van der Waals surface area contributed by atoms with Crippen LogP contribution in [0, 0.1) is 11.3 Å². The third-order valence-corrected chi connectivity index (χ3v) is 2.52. The molecule has 0 amide bonds. The fraction of sp³-hybridized carbons (Fsp3) is 0.462. The number of nitrogens with zero attached hydrogens (tertiary/aromatic N) is 1. The molecule has 0 bridgehead atoms. The fourth-order valence-corrected chi connectivity index (χ4v) is 1.72. The number of ether oxygens (including phenoxy) is 2. The van der Waals surface area contributed by atoms with E-state index in [1.807, 2.05) is 12.1 Å². The van der Waals surface area contributed by atoms with Crippen LogP contribution in [0.1, 0.15) is 19.4 Å². The van der Waals surface area contributed by atoms with Gasteiger partial charge in [-0.25, -0.2) is 0 Å². The lowest BCUT2D eigenvalue weighted by Crippen LogP contribution is -2.22. The maximum absolute atomic E-state index is 8.60. The van der Waals surface area contributed by atoms with E-state index in [2.05, 4.69) is 19.2 Å². The molecule has 4 nitrogen and oxygen atoms in total. The Kier molecular flexibility index (Phi) is 5.76. The monoisotopic (exact) mass is 268 g/mol. The van der Waals surface area contributed by atoms with Gasteiger partial charge in [-0.1, -0.05) is 25.4 Å². The highest BCUT2D eigenvalue weighted by molar-refractivity contribution is 6.30. The summed E-state index contributed by atoms with van der Waals surface area (Å²) in [4.78, 5) is 0. The lowest BCUT2D eigenvalue weighted by atomic mass is 10.1. The van der Waals surface area contributed by atoms with Crippen molar-refractivity contribution in [2.24, 2.45) is 0 Å². The van der Waals surface area contributed by atoms with Gasteiger partial charge in [0.05, 0.1) is 7.11 Å². The van der Waals surface area contributed by atoms with Crippen LogP contribution in [0.5, 0.6) is 11.5 Å². The molecular weight excluding hydrogens is 252 g/mol. The molecule has 1 aromatic carbocycles. The molecule has 0 aromatic heterocycles. The van der Waals surface area contributed by atoms with Crippen molar-refractivity contribution in [1.82, 2.24) is 5.32 Å². The van der Waals surface area contributed by atoms with Crippen molar-refractivity contribution in [3.05, 3.63) is 22.7 Å². The molecule has 0 heterocycles. The lowest BCUT2D eigenvalue weighted by molar-refractivity contribution is 0.325. The van der Waals surface area contributed by atoms with Gasteiger partial charge in [0.1, 0.15) is 6.07 Å². The Hall–Kier alpha value is -1.44. The summed E-state index contributed by atoms with van der Waals surface area (Å²) in [6.07, 6.45) is 0. The molecule has 0 unspecified atom stereocenters. The minimum atomic E-state index is -0.0212. The molecule has 18 heavy (non-hydrogen) atoms. The Morgan fingerprint density at radius 1 is 1.44 bits per heavy atom. The van der Waals surface area contributed by atoms with Crippen LogP contribution in [-0.4, -0.2) is 19.8 Å². The predicted octanol–water partition coefficient (Wildman–Crippen LogP) is 2.75. The van der Waals surface area contributed by atoms with Crippen LogP contribution in [0.3, 0.4) is 0 Å². The number of hydrogen-bond acceptors (Lipinski definition) is 4. The molecule has 98 valence electrons. The van der Waals surface area contributed by atoms with E-state index in [0.717, 1.165) is 5.56 Å². The number of halogens is 1. The maximum atomic E-state index is 8.60. The van der Waals surface area contributed by atoms with E-state index >= 15 is 0 Å². The smallest absolute Gasteiger partial charge is 0.174 e. The minimum absolute atomic E-state index is 0.0212. The summed E-state index contributed by atoms with van der Waals surface area (Å²) in [5.74, 6) is 1.11. The number of nitrogens with one attached hydrogen (secondary N) is 1. The largest absolute Gasteiger partial charge is 0.493 e. The topological polar surface area (TPSA) is 54.3 Å². The summed E-state index contributed by atoms with van der Waals surface area (Å²) in [7, 11) is 1.55. The van der Waals surface area contributed by atoms with E-state index in [-0.39, 0.29) is 6.61 Å². The van der Waals surface area contributed by atoms with Crippen molar-refractivity contribution in [3.8, 4) is 17.6 Å². The third-order valence-electron chi connectivity index (χ3n) is 2.30. The summed E-state index contributed by atoms with van der Waals surface area (Å²) in [5.41, 5.74) is 0.878. The van der Waals surface area contributed by atoms with Gasteiger partial charge in [-0.2, -0.15) is 5.26 Å². The van der Waals surface area contributed by atoms with Crippen molar-refractivity contribution >= 4 is 11.6 Å². The van der Waals surface area contributed by atoms with E-state index in [4.69, 9.17) is 26.3 Å². The minimum Gasteiger partial charge on any atom is -0.493 e. The number of methoxy groups -OCH3 is 1. The van der Waals surface area contributed by atoms with Crippen molar-refractivity contribution < 1.29 is 9.47 Å². The number of nitriles is 1. The second-order valence-corrected chi connectivity index (χ2v) is 4.52. The van der Waals surface area contributed by atoms with Crippen molar-refractivity contribution in [1.29, 1.82) is 5.26 Å². The number of benzene rings is 1. The van der Waals surface area contributed by atoms with E-state index in [9.17, 15) is 0 Å². The van der Waals surface area contributed by atoms with Crippen LogP contribution in [0.25, 0.3) is 0 Å². The van der Waals surface area contributed by atoms with Gasteiger partial charge in [0.15, 0.2) is 18.1 Å². The molecule has 1 rings (SSSR count). The maximum Gasteiger partial charge on any atom is 0.174 e. The summed E-state index contributed by atoms with van der Waals surface area (Å²) >= 11 is 6.02. The van der Waals surface area contributed by atoms with Crippen LogP contribution in [0.2, 0.25) is 5.02 Å². The van der Waals surface area contributed by atoms with Crippen LogP contribution in [-0.2, 0) is 6.54 Å². The first-order valence-electron chi connectivity index (χ1n) is 5.68. The first-order valence-corrected chi connectivity index (χ1v) is 6.05. The summed E-state index contributed by atoms with van der Waals surface area (Å²) in [6.45, 7) is 4.69. The van der Waals surface area contributed by atoms with E-state index < -0.39 is 0 Å². The Morgan fingerprint density at radius 3 is 2.72 bits per heavy atom. The Labute approximate surface area is 112 Å². The van der Waals surface area contributed by atoms with Gasteiger partial charge in [0, 0.05) is 29.2 Å². The summed E-state index contributed by atoms with van der Waals surface area (Å²) in [6, 6.07) is 5.77. The van der Waals surface area contributed by atoms with E-state index in [1.165, 1.54) is 0 Å². The van der Waals surface area contributed by atoms with Gasteiger partial charge in [-0.3, -0.25) is 0 Å².